The number of methoxy groups -OCH3 is 1. The summed E-state index contributed by atoms with van der Waals surface area (Å²) in [5.74, 6) is -0.0224. The number of nitrogens with one attached hydrogen (secondary N) is 3. The summed E-state index contributed by atoms with van der Waals surface area (Å²) < 4.78 is 7.00. The number of thiazole rings is 1. The highest BCUT2D eigenvalue weighted by Gasteiger charge is 2.22. The number of dihydropyridines is 1. The van der Waals surface area contributed by atoms with Crippen LogP contribution in [0, 0.1) is 0 Å². The Morgan fingerprint density at radius 2 is 2.17 bits per heavy atom. The zero-order valence-corrected chi connectivity index (χ0v) is 17.4. The van der Waals surface area contributed by atoms with E-state index < -0.39 is 0 Å². The summed E-state index contributed by atoms with van der Waals surface area (Å²) in [6, 6.07) is 3.59. The lowest BCUT2D eigenvalue weighted by Crippen LogP contribution is -2.38. The van der Waals surface area contributed by atoms with Gasteiger partial charge in [0.25, 0.3) is 11.8 Å². The molecule has 3 N–H and O–H groups in total. The molecule has 2 amide bonds. The van der Waals surface area contributed by atoms with Gasteiger partial charge in [-0.3, -0.25) is 9.59 Å². The summed E-state index contributed by atoms with van der Waals surface area (Å²) in [7, 11) is 3.13. The fourth-order valence-electron chi connectivity index (χ4n) is 3.06. The molecule has 4 heterocycles. The van der Waals surface area contributed by atoms with Gasteiger partial charge in [-0.15, -0.1) is 11.3 Å². The third kappa shape index (κ3) is 3.52. The number of hydrogen-bond acceptors (Lipinski definition) is 7. The van der Waals surface area contributed by atoms with Gasteiger partial charge in [0.05, 0.1) is 40.9 Å². The quantitative estimate of drug-likeness (QED) is 0.575. The number of amides is 2. The van der Waals surface area contributed by atoms with Gasteiger partial charge >= 0.3 is 0 Å². The second-order valence-electron chi connectivity index (χ2n) is 6.58. The minimum absolute atomic E-state index is 0.146. The van der Waals surface area contributed by atoms with Gasteiger partial charge in [-0.25, -0.2) is 9.50 Å². The molecule has 0 fully saturated rings. The normalized spacial score (nSPS) is 15.8. The van der Waals surface area contributed by atoms with Crippen LogP contribution in [0.2, 0.25) is 0 Å². The number of fused-ring (bicyclic) bond motifs is 1. The van der Waals surface area contributed by atoms with E-state index in [1.807, 2.05) is 25.3 Å². The van der Waals surface area contributed by atoms with Gasteiger partial charge in [-0.1, -0.05) is 0 Å². The van der Waals surface area contributed by atoms with E-state index in [-0.39, 0.29) is 17.9 Å². The van der Waals surface area contributed by atoms with Crippen LogP contribution in [-0.2, 0) is 4.79 Å². The summed E-state index contributed by atoms with van der Waals surface area (Å²) in [5.41, 5.74) is 2.31. The molecule has 0 aromatic carbocycles. The highest BCUT2D eigenvalue weighted by Crippen LogP contribution is 2.34. The second-order valence-corrected chi connectivity index (χ2v) is 7.62. The lowest BCUT2D eigenvalue weighted by molar-refractivity contribution is -0.116. The van der Waals surface area contributed by atoms with Gasteiger partial charge in [-0.2, -0.15) is 5.10 Å². The smallest absolute Gasteiger partial charge is 0.260 e. The van der Waals surface area contributed by atoms with Crippen LogP contribution < -0.4 is 20.7 Å². The first kappa shape index (κ1) is 19.6. The van der Waals surface area contributed by atoms with E-state index in [1.165, 1.54) is 17.5 Å². The molecule has 0 saturated heterocycles. The average Bonchev–Trinajstić information content (AvgIpc) is 3.35. The molecule has 30 heavy (non-hydrogen) atoms. The topological polar surface area (TPSA) is 110 Å². The number of likely N-dealkylation sites (N-methyl/N-ethyl adjacent to an activating group) is 1. The first-order valence-corrected chi connectivity index (χ1v) is 10.0. The number of carbonyl (C=O) groups is 2. The van der Waals surface area contributed by atoms with Crippen molar-refractivity contribution in [2.45, 2.75) is 13.0 Å². The SMILES string of the molecule is CNC(=O)C1=CNC(C)C(NC(=O)c2cnn3cc(-c4cccnc4OC)sc23)=C1. The molecule has 0 spiro atoms. The monoisotopic (exact) mass is 424 g/mol. The fraction of sp³-hybridized carbons (Fsp3) is 0.200. The maximum atomic E-state index is 13.0. The third-order valence-electron chi connectivity index (χ3n) is 4.68. The van der Waals surface area contributed by atoms with Crippen LogP contribution in [0.15, 0.2) is 54.3 Å². The van der Waals surface area contributed by atoms with Crippen LogP contribution in [0.4, 0.5) is 0 Å². The van der Waals surface area contributed by atoms with Crippen molar-refractivity contribution in [3.8, 4) is 16.3 Å². The van der Waals surface area contributed by atoms with Gasteiger partial charge < -0.3 is 20.7 Å². The van der Waals surface area contributed by atoms with E-state index >= 15 is 0 Å². The van der Waals surface area contributed by atoms with Crippen LogP contribution in [-0.4, -0.2) is 46.6 Å². The lowest BCUT2D eigenvalue weighted by atomic mass is 10.1. The molecule has 3 aromatic heterocycles. The van der Waals surface area contributed by atoms with Crippen molar-refractivity contribution in [1.82, 2.24) is 30.5 Å². The molecule has 0 aliphatic carbocycles. The van der Waals surface area contributed by atoms with Gasteiger partial charge in [0.2, 0.25) is 5.88 Å². The molecule has 3 aromatic rings. The van der Waals surface area contributed by atoms with Crippen LogP contribution >= 0.6 is 11.3 Å². The van der Waals surface area contributed by atoms with Crippen molar-refractivity contribution in [3.63, 3.8) is 0 Å². The van der Waals surface area contributed by atoms with Crippen LogP contribution in [0.5, 0.6) is 5.88 Å². The van der Waals surface area contributed by atoms with E-state index in [2.05, 4.69) is 26.0 Å². The Bertz CT molecular complexity index is 1190. The molecular formula is C20H20N6O3S. The molecule has 4 rings (SSSR count). The average molecular weight is 424 g/mol. The molecule has 9 nitrogen and oxygen atoms in total. The molecule has 10 heteroatoms. The summed E-state index contributed by atoms with van der Waals surface area (Å²) in [5, 5.41) is 12.9. The Kier molecular flexibility index (Phi) is 5.23. The Hall–Kier alpha value is -3.66. The number of ether oxygens (including phenoxy) is 1. The molecular weight excluding hydrogens is 404 g/mol. The van der Waals surface area contributed by atoms with E-state index in [9.17, 15) is 9.59 Å². The number of hydrogen-bond donors (Lipinski definition) is 3. The van der Waals surface area contributed by atoms with E-state index in [4.69, 9.17) is 4.74 Å². The Labute approximate surface area is 176 Å². The predicted molar refractivity (Wildman–Crippen MR) is 113 cm³/mol. The van der Waals surface area contributed by atoms with Crippen molar-refractivity contribution in [2.75, 3.05) is 14.2 Å². The fourth-order valence-corrected chi connectivity index (χ4v) is 4.14. The van der Waals surface area contributed by atoms with Crippen LogP contribution in [0.1, 0.15) is 17.3 Å². The first-order valence-electron chi connectivity index (χ1n) is 9.19. The largest absolute Gasteiger partial charge is 0.481 e. The Morgan fingerprint density at radius 3 is 2.93 bits per heavy atom. The third-order valence-corrected chi connectivity index (χ3v) is 5.83. The lowest BCUT2D eigenvalue weighted by Gasteiger charge is -2.22. The van der Waals surface area contributed by atoms with Crippen molar-refractivity contribution in [1.29, 1.82) is 0 Å². The van der Waals surface area contributed by atoms with E-state index in [0.29, 0.717) is 27.5 Å². The van der Waals surface area contributed by atoms with Crippen molar-refractivity contribution < 1.29 is 14.3 Å². The number of pyridine rings is 1. The van der Waals surface area contributed by atoms with Crippen LogP contribution in [0.25, 0.3) is 15.3 Å². The van der Waals surface area contributed by atoms with E-state index in [0.717, 1.165) is 10.4 Å². The summed E-state index contributed by atoms with van der Waals surface area (Å²) in [4.78, 5) is 30.7. The second kappa shape index (κ2) is 7.99. The predicted octanol–water partition coefficient (Wildman–Crippen LogP) is 1.70. The van der Waals surface area contributed by atoms with Gasteiger partial charge in [0.1, 0.15) is 4.83 Å². The van der Waals surface area contributed by atoms with Gasteiger partial charge in [-0.05, 0) is 25.1 Å². The van der Waals surface area contributed by atoms with Crippen molar-refractivity contribution in [3.05, 3.63) is 59.8 Å². The highest BCUT2D eigenvalue weighted by molar-refractivity contribution is 7.21. The summed E-state index contributed by atoms with van der Waals surface area (Å²) in [6.07, 6.45) is 8.33. The molecule has 1 atom stereocenters. The maximum absolute atomic E-state index is 13.0. The zero-order chi connectivity index (χ0) is 21.3. The minimum Gasteiger partial charge on any atom is -0.481 e. The molecule has 0 saturated carbocycles. The first-order chi connectivity index (χ1) is 14.5. The summed E-state index contributed by atoms with van der Waals surface area (Å²) >= 11 is 1.42. The number of carbonyl (C=O) groups excluding carboxylic acids is 2. The highest BCUT2D eigenvalue weighted by atomic mass is 32.1. The molecule has 0 bridgehead atoms. The minimum atomic E-state index is -0.297. The van der Waals surface area contributed by atoms with Crippen molar-refractivity contribution >= 4 is 28.0 Å². The van der Waals surface area contributed by atoms with Gasteiger partial charge in [0.15, 0.2) is 0 Å². The molecule has 1 unspecified atom stereocenters. The molecule has 154 valence electrons. The van der Waals surface area contributed by atoms with Crippen molar-refractivity contribution in [2.24, 2.45) is 0 Å². The number of nitrogens with zero attached hydrogens (tertiary/aromatic N) is 3. The number of rotatable bonds is 5. The standard InChI is InChI=1S/C20H20N6O3S/c1-11-15(7-12(8-23-11)17(27)21-2)25-18(28)14-9-24-26-10-16(30-20(14)26)13-5-4-6-22-19(13)29-3/h4-11,23H,1-3H3,(H,21,27)(H,25,28). The summed E-state index contributed by atoms with van der Waals surface area (Å²) in [6.45, 7) is 1.90. The molecule has 1 aliphatic rings. The number of aromatic nitrogens is 3. The van der Waals surface area contributed by atoms with Crippen LogP contribution in [0.3, 0.4) is 0 Å². The Balaban J connectivity index is 1.63. The van der Waals surface area contributed by atoms with Gasteiger partial charge in [0, 0.05) is 31.3 Å². The Morgan fingerprint density at radius 1 is 1.33 bits per heavy atom. The zero-order valence-electron chi connectivity index (χ0n) is 16.6. The molecule has 1 aliphatic heterocycles. The molecule has 0 radical (unpaired) electrons. The maximum Gasteiger partial charge on any atom is 0.260 e. The van der Waals surface area contributed by atoms with E-state index in [1.54, 1.807) is 37.1 Å².